The Morgan fingerprint density at radius 2 is 2.10 bits per heavy atom. The van der Waals surface area contributed by atoms with Gasteiger partial charge in [-0.1, -0.05) is 29.8 Å². The molecule has 0 spiro atoms. The van der Waals surface area contributed by atoms with Gasteiger partial charge in [0.1, 0.15) is 0 Å². The summed E-state index contributed by atoms with van der Waals surface area (Å²) in [6.45, 7) is 6.54. The summed E-state index contributed by atoms with van der Waals surface area (Å²) in [5.74, 6) is 1.56. The number of aliphatic hydroxyl groups excluding tert-OH is 1. The Hall–Kier alpha value is -1.72. The number of benzene rings is 1. The highest BCUT2D eigenvalue weighted by Crippen LogP contribution is 2.20. The molecule has 0 bridgehead atoms. The average Bonchev–Trinajstić information content (AvgIpc) is 2.92. The lowest BCUT2D eigenvalue weighted by Gasteiger charge is -2.33. The van der Waals surface area contributed by atoms with Gasteiger partial charge < -0.3 is 9.63 Å². The lowest BCUT2D eigenvalue weighted by Crippen LogP contribution is -2.41. The molecule has 1 fully saturated rings. The van der Waals surface area contributed by atoms with Crippen molar-refractivity contribution < 1.29 is 9.63 Å². The van der Waals surface area contributed by atoms with Crippen LogP contribution in [-0.4, -0.2) is 39.3 Å². The van der Waals surface area contributed by atoms with Gasteiger partial charge in [0.25, 0.3) is 5.89 Å². The van der Waals surface area contributed by atoms with Crippen LogP contribution in [0, 0.1) is 12.8 Å². The zero-order valence-corrected chi connectivity index (χ0v) is 12.5. The lowest BCUT2D eigenvalue weighted by molar-refractivity contribution is 0.0308. The van der Waals surface area contributed by atoms with Gasteiger partial charge in [-0.25, -0.2) is 0 Å². The third-order valence-electron chi connectivity index (χ3n) is 4.08. The van der Waals surface area contributed by atoms with E-state index < -0.39 is 0 Å². The fraction of sp³-hybridized carbons (Fsp3) is 0.500. The van der Waals surface area contributed by atoms with Gasteiger partial charge in [-0.3, -0.25) is 4.90 Å². The van der Waals surface area contributed by atoms with E-state index in [0.717, 1.165) is 25.1 Å². The maximum absolute atomic E-state index is 9.76. The van der Waals surface area contributed by atoms with Gasteiger partial charge in [0, 0.05) is 18.7 Å². The van der Waals surface area contributed by atoms with E-state index in [4.69, 9.17) is 4.52 Å². The Morgan fingerprint density at radius 1 is 1.33 bits per heavy atom. The first-order valence-electron chi connectivity index (χ1n) is 7.42. The second-order valence-corrected chi connectivity index (χ2v) is 5.95. The van der Waals surface area contributed by atoms with Crippen LogP contribution in [0.4, 0.5) is 0 Å². The van der Waals surface area contributed by atoms with Gasteiger partial charge in [0.2, 0.25) is 0 Å². The van der Waals surface area contributed by atoms with Crippen molar-refractivity contribution in [3.63, 3.8) is 0 Å². The predicted octanol–water partition coefficient (Wildman–Crippen LogP) is 2.25. The lowest BCUT2D eigenvalue weighted by atomic mass is 9.97. The molecule has 1 aromatic heterocycles. The maximum atomic E-state index is 9.76. The molecular weight excluding hydrogens is 266 g/mol. The van der Waals surface area contributed by atoms with Gasteiger partial charge in [0.15, 0.2) is 5.82 Å². The highest BCUT2D eigenvalue weighted by atomic mass is 16.5. The zero-order chi connectivity index (χ0) is 14.8. The van der Waals surface area contributed by atoms with Crippen LogP contribution in [0.5, 0.6) is 0 Å². The molecule has 112 valence electrons. The van der Waals surface area contributed by atoms with Gasteiger partial charge in [-0.15, -0.1) is 0 Å². The molecule has 0 amide bonds. The van der Waals surface area contributed by atoms with E-state index in [-0.39, 0.29) is 6.10 Å². The smallest absolute Gasteiger partial charge is 0.257 e. The number of nitrogens with zero attached hydrogens (tertiary/aromatic N) is 3. The van der Waals surface area contributed by atoms with E-state index in [1.807, 2.05) is 24.3 Å². The number of rotatable bonds is 3. The first-order chi connectivity index (χ1) is 10.1. The third kappa shape index (κ3) is 3.31. The zero-order valence-electron chi connectivity index (χ0n) is 12.5. The number of aliphatic hydroxyl groups is 1. The molecule has 3 rings (SSSR count). The monoisotopic (exact) mass is 287 g/mol. The summed E-state index contributed by atoms with van der Waals surface area (Å²) in [5.41, 5.74) is 2.15. The molecule has 2 atom stereocenters. The van der Waals surface area contributed by atoms with Crippen molar-refractivity contribution in [1.82, 2.24) is 15.0 Å². The molecular formula is C16H21N3O2. The molecule has 1 aliphatic heterocycles. The summed E-state index contributed by atoms with van der Waals surface area (Å²) in [7, 11) is 0. The highest BCUT2D eigenvalue weighted by molar-refractivity contribution is 5.53. The van der Waals surface area contributed by atoms with E-state index >= 15 is 0 Å². The van der Waals surface area contributed by atoms with E-state index in [1.54, 1.807) is 0 Å². The van der Waals surface area contributed by atoms with E-state index in [0.29, 0.717) is 24.2 Å². The topological polar surface area (TPSA) is 62.4 Å². The summed E-state index contributed by atoms with van der Waals surface area (Å²) in [6, 6.07) is 8.05. The van der Waals surface area contributed by atoms with Crippen LogP contribution in [0.2, 0.25) is 0 Å². The minimum Gasteiger partial charge on any atom is -0.393 e. The first kappa shape index (κ1) is 14.2. The molecule has 0 aliphatic carbocycles. The fourth-order valence-corrected chi connectivity index (χ4v) is 2.69. The summed E-state index contributed by atoms with van der Waals surface area (Å²) in [5, 5.41) is 13.8. The molecule has 0 radical (unpaired) electrons. The van der Waals surface area contributed by atoms with E-state index in [9.17, 15) is 5.11 Å². The van der Waals surface area contributed by atoms with Gasteiger partial charge in [-0.05, 0) is 31.4 Å². The number of piperidine rings is 1. The SMILES string of the molecule is Cc1ccc(-c2nc(CN3CCC(O)C(C)C3)no2)cc1. The summed E-state index contributed by atoms with van der Waals surface area (Å²) < 4.78 is 5.34. The Labute approximate surface area is 124 Å². The molecule has 1 saturated heterocycles. The van der Waals surface area contributed by atoms with Crippen LogP contribution in [-0.2, 0) is 6.54 Å². The standard InChI is InChI=1S/C16H21N3O2/c1-11-3-5-13(6-4-11)16-17-15(18-21-16)10-19-8-7-14(20)12(2)9-19/h3-6,12,14,20H,7-10H2,1-2H3. The van der Waals surface area contributed by atoms with E-state index in [1.165, 1.54) is 5.56 Å². The molecule has 1 aromatic carbocycles. The molecule has 1 aliphatic rings. The summed E-state index contributed by atoms with van der Waals surface area (Å²) in [4.78, 5) is 6.73. The van der Waals surface area contributed by atoms with Crippen LogP contribution >= 0.6 is 0 Å². The first-order valence-corrected chi connectivity index (χ1v) is 7.42. The van der Waals surface area contributed by atoms with Crippen molar-refractivity contribution in [3.8, 4) is 11.5 Å². The molecule has 5 heteroatoms. The molecule has 0 saturated carbocycles. The van der Waals surface area contributed by atoms with Crippen LogP contribution in [0.15, 0.2) is 28.8 Å². The molecule has 21 heavy (non-hydrogen) atoms. The summed E-state index contributed by atoms with van der Waals surface area (Å²) in [6.07, 6.45) is 0.624. The van der Waals surface area contributed by atoms with Crippen molar-refractivity contribution in [2.24, 2.45) is 5.92 Å². The van der Waals surface area contributed by atoms with Gasteiger partial charge in [0.05, 0.1) is 12.6 Å². The van der Waals surface area contributed by atoms with Crippen molar-refractivity contribution in [2.45, 2.75) is 32.9 Å². The normalized spacial score (nSPS) is 23.4. The van der Waals surface area contributed by atoms with Crippen molar-refractivity contribution in [1.29, 1.82) is 0 Å². The largest absolute Gasteiger partial charge is 0.393 e. The Kier molecular flexibility index (Phi) is 4.03. The van der Waals surface area contributed by atoms with Gasteiger partial charge >= 0.3 is 0 Å². The number of likely N-dealkylation sites (tertiary alicyclic amines) is 1. The minimum absolute atomic E-state index is 0.186. The number of hydrogen-bond donors (Lipinski definition) is 1. The van der Waals surface area contributed by atoms with Crippen LogP contribution < -0.4 is 0 Å². The maximum Gasteiger partial charge on any atom is 0.257 e. The van der Waals surface area contributed by atoms with Crippen molar-refractivity contribution >= 4 is 0 Å². The van der Waals surface area contributed by atoms with E-state index in [2.05, 4.69) is 28.9 Å². The Morgan fingerprint density at radius 3 is 2.81 bits per heavy atom. The highest BCUT2D eigenvalue weighted by Gasteiger charge is 2.25. The average molecular weight is 287 g/mol. The van der Waals surface area contributed by atoms with Crippen LogP contribution in [0.3, 0.4) is 0 Å². The number of aryl methyl sites for hydroxylation is 1. The molecule has 1 N–H and O–H groups in total. The van der Waals surface area contributed by atoms with Crippen LogP contribution in [0.1, 0.15) is 24.7 Å². The van der Waals surface area contributed by atoms with Gasteiger partial charge in [-0.2, -0.15) is 4.98 Å². The van der Waals surface area contributed by atoms with Crippen molar-refractivity contribution in [2.75, 3.05) is 13.1 Å². The molecule has 5 nitrogen and oxygen atoms in total. The summed E-state index contributed by atoms with van der Waals surface area (Å²) >= 11 is 0. The number of hydrogen-bond acceptors (Lipinski definition) is 5. The van der Waals surface area contributed by atoms with Crippen molar-refractivity contribution in [3.05, 3.63) is 35.7 Å². The Balaban J connectivity index is 1.66. The second-order valence-electron chi connectivity index (χ2n) is 5.95. The second kappa shape index (κ2) is 5.95. The quantitative estimate of drug-likeness (QED) is 0.938. The molecule has 2 aromatic rings. The minimum atomic E-state index is -0.186. The predicted molar refractivity (Wildman–Crippen MR) is 79.5 cm³/mol. The molecule has 2 unspecified atom stereocenters. The number of aromatic nitrogens is 2. The Bertz CT molecular complexity index is 594. The fourth-order valence-electron chi connectivity index (χ4n) is 2.69. The van der Waals surface area contributed by atoms with Crippen LogP contribution in [0.25, 0.3) is 11.5 Å². The molecule has 2 heterocycles. The third-order valence-corrected chi connectivity index (χ3v) is 4.08.